The van der Waals surface area contributed by atoms with Gasteiger partial charge in [-0.25, -0.2) is 4.59 Å². The van der Waals surface area contributed by atoms with Crippen LogP contribution in [0.5, 0.6) is 0 Å². The summed E-state index contributed by atoms with van der Waals surface area (Å²) in [4.78, 5) is 10.4. The lowest BCUT2D eigenvalue weighted by Crippen LogP contribution is -2.54. The monoisotopic (exact) mass is 246 g/mol. The third-order valence-electron chi connectivity index (χ3n) is 2.69. The van der Waals surface area contributed by atoms with E-state index in [2.05, 4.69) is 17.7 Å². The van der Waals surface area contributed by atoms with Crippen LogP contribution in [-0.2, 0) is 4.79 Å². The first kappa shape index (κ1) is 16.4. The van der Waals surface area contributed by atoms with Crippen LogP contribution in [0.15, 0.2) is 0 Å². The van der Waals surface area contributed by atoms with Gasteiger partial charge < -0.3 is 10.4 Å². The minimum absolute atomic E-state index is 0.0108. The highest BCUT2D eigenvalue weighted by atomic mass is 16.4. The number of rotatable bonds is 11. The minimum Gasteiger partial charge on any atom is -0.480 e. The van der Waals surface area contributed by atoms with Gasteiger partial charge in [-0.3, -0.25) is 4.79 Å². The van der Waals surface area contributed by atoms with E-state index in [9.17, 15) is 4.79 Å². The van der Waals surface area contributed by atoms with Crippen molar-refractivity contribution in [3.05, 3.63) is 0 Å². The van der Waals surface area contributed by atoms with Crippen molar-refractivity contribution in [3.8, 4) is 0 Å². The number of hydrogen-bond donors (Lipinski definition) is 3. The average Bonchev–Trinajstić information content (AvgIpc) is 2.25. The van der Waals surface area contributed by atoms with E-state index >= 15 is 0 Å². The predicted molar refractivity (Wildman–Crippen MR) is 69.6 cm³/mol. The quantitative estimate of drug-likeness (QED) is 0.287. The normalized spacial score (nSPS) is 11.7. The summed E-state index contributed by atoms with van der Waals surface area (Å²) in [5.41, 5.74) is 2.98. The van der Waals surface area contributed by atoms with E-state index in [1.54, 1.807) is 0 Å². The molecular formula is C12H28N3O2+. The number of nitrogens with zero attached hydrogens (tertiary/aromatic N) is 1. The number of nitrogens with one attached hydrogen (secondary N) is 2. The van der Waals surface area contributed by atoms with Crippen LogP contribution in [0.2, 0.25) is 0 Å². The first-order chi connectivity index (χ1) is 7.98. The molecule has 0 fully saturated rings. The summed E-state index contributed by atoms with van der Waals surface area (Å²) in [6.45, 7) is 5.23. The van der Waals surface area contributed by atoms with Crippen molar-refractivity contribution in [3.63, 3.8) is 0 Å². The summed E-state index contributed by atoms with van der Waals surface area (Å²) in [5, 5.41) is 12.0. The molecule has 102 valence electrons. The van der Waals surface area contributed by atoms with Gasteiger partial charge in [-0.05, 0) is 13.0 Å². The molecule has 0 aliphatic heterocycles. The number of carbonyl (C=O) groups is 1. The molecule has 17 heavy (non-hydrogen) atoms. The standard InChI is InChI=1S/C12H27N3O2/c1-4-5-6-8-13-9-7-10-15(2,3)14-11-12(16)17/h13-14H,4-11H2,1-3H3/p+1. The highest BCUT2D eigenvalue weighted by Crippen LogP contribution is 1.94. The van der Waals surface area contributed by atoms with Gasteiger partial charge in [0.25, 0.3) is 0 Å². The highest BCUT2D eigenvalue weighted by molar-refractivity contribution is 5.68. The molecule has 0 aliphatic rings. The molecule has 0 unspecified atom stereocenters. The Kier molecular flexibility index (Phi) is 9.03. The maximum atomic E-state index is 10.4. The summed E-state index contributed by atoms with van der Waals surface area (Å²) in [6, 6.07) is 0. The molecule has 5 nitrogen and oxygen atoms in total. The van der Waals surface area contributed by atoms with Gasteiger partial charge in [0.15, 0.2) is 0 Å². The Morgan fingerprint density at radius 1 is 1.18 bits per heavy atom. The van der Waals surface area contributed by atoms with E-state index < -0.39 is 5.97 Å². The molecule has 0 rings (SSSR count). The highest BCUT2D eigenvalue weighted by Gasteiger charge is 2.15. The molecular weight excluding hydrogens is 218 g/mol. The van der Waals surface area contributed by atoms with E-state index in [4.69, 9.17) is 5.11 Å². The lowest BCUT2D eigenvalue weighted by atomic mass is 10.2. The smallest absolute Gasteiger partial charge is 0.322 e. The van der Waals surface area contributed by atoms with Crippen molar-refractivity contribution in [1.29, 1.82) is 0 Å². The van der Waals surface area contributed by atoms with Gasteiger partial charge in [0.2, 0.25) is 0 Å². The minimum atomic E-state index is -0.811. The second-order valence-electron chi connectivity index (χ2n) is 4.95. The molecule has 3 N–H and O–H groups in total. The predicted octanol–water partition coefficient (Wildman–Crippen LogP) is 0.822. The fourth-order valence-electron chi connectivity index (χ4n) is 1.59. The number of aliphatic carboxylic acids is 1. The molecule has 0 saturated heterocycles. The zero-order chi connectivity index (χ0) is 13.1. The Balaban J connectivity index is 3.42. The fraction of sp³-hybridized carbons (Fsp3) is 0.917. The third-order valence-corrected chi connectivity index (χ3v) is 2.69. The van der Waals surface area contributed by atoms with Gasteiger partial charge in [0.05, 0.1) is 20.6 Å². The van der Waals surface area contributed by atoms with Crippen LogP contribution in [0.1, 0.15) is 32.6 Å². The maximum absolute atomic E-state index is 10.4. The average molecular weight is 246 g/mol. The largest absolute Gasteiger partial charge is 0.480 e. The van der Waals surface area contributed by atoms with Crippen molar-refractivity contribution < 1.29 is 14.5 Å². The van der Waals surface area contributed by atoms with Crippen molar-refractivity contribution >= 4 is 5.97 Å². The van der Waals surface area contributed by atoms with E-state index in [1.807, 2.05) is 14.1 Å². The molecule has 0 aromatic carbocycles. The summed E-state index contributed by atoms with van der Waals surface area (Å²) >= 11 is 0. The molecule has 0 atom stereocenters. The molecule has 0 spiro atoms. The fourth-order valence-corrected chi connectivity index (χ4v) is 1.59. The SMILES string of the molecule is CCCCCNCCC[N+](C)(C)NCC(=O)O. The van der Waals surface area contributed by atoms with Gasteiger partial charge in [0.1, 0.15) is 6.54 Å². The Hall–Kier alpha value is -0.650. The van der Waals surface area contributed by atoms with Gasteiger partial charge in [-0.2, -0.15) is 5.43 Å². The van der Waals surface area contributed by atoms with Crippen LogP contribution in [0.25, 0.3) is 0 Å². The van der Waals surface area contributed by atoms with E-state index in [0.29, 0.717) is 4.59 Å². The van der Waals surface area contributed by atoms with E-state index in [0.717, 1.165) is 26.1 Å². The van der Waals surface area contributed by atoms with Gasteiger partial charge in [-0.1, -0.05) is 19.8 Å². The summed E-state index contributed by atoms with van der Waals surface area (Å²) in [6.07, 6.45) is 4.83. The maximum Gasteiger partial charge on any atom is 0.322 e. The van der Waals surface area contributed by atoms with Crippen LogP contribution in [0.4, 0.5) is 0 Å². The van der Waals surface area contributed by atoms with Crippen LogP contribution in [0.3, 0.4) is 0 Å². The van der Waals surface area contributed by atoms with Crippen molar-refractivity contribution in [1.82, 2.24) is 10.7 Å². The molecule has 0 radical (unpaired) electrons. The second-order valence-corrected chi connectivity index (χ2v) is 4.95. The molecule has 0 bridgehead atoms. The van der Waals surface area contributed by atoms with Crippen molar-refractivity contribution in [2.75, 3.05) is 40.3 Å². The Labute approximate surface area is 105 Å². The van der Waals surface area contributed by atoms with Crippen molar-refractivity contribution in [2.45, 2.75) is 32.6 Å². The van der Waals surface area contributed by atoms with Crippen LogP contribution in [0, 0.1) is 0 Å². The molecule has 0 aromatic heterocycles. The summed E-state index contributed by atoms with van der Waals surface area (Å²) in [7, 11) is 3.97. The zero-order valence-electron chi connectivity index (χ0n) is 11.5. The number of unbranched alkanes of at least 4 members (excludes halogenated alkanes) is 2. The Morgan fingerprint density at radius 2 is 1.82 bits per heavy atom. The Bertz CT molecular complexity index is 208. The van der Waals surface area contributed by atoms with Gasteiger partial charge in [0, 0.05) is 13.0 Å². The zero-order valence-corrected chi connectivity index (χ0v) is 11.5. The lowest BCUT2D eigenvalue weighted by Gasteiger charge is -2.28. The van der Waals surface area contributed by atoms with Gasteiger partial charge >= 0.3 is 5.97 Å². The second kappa shape index (κ2) is 9.39. The van der Waals surface area contributed by atoms with E-state index in [1.165, 1.54) is 19.3 Å². The summed E-state index contributed by atoms with van der Waals surface area (Å²) < 4.78 is 0.545. The Morgan fingerprint density at radius 3 is 2.41 bits per heavy atom. The van der Waals surface area contributed by atoms with Crippen molar-refractivity contribution in [2.24, 2.45) is 0 Å². The molecule has 5 heteroatoms. The first-order valence-corrected chi connectivity index (χ1v) is 6.48. The molecule has 0 amide bonds. The molecule has 0 aliphatic carbocycles. The molecule has 0 heterocycles. The van der Waals surface area contributed by atoms with E-state index in [-0.39, 0.29) is 6.54 Å². The molecule has 0 aromatic rings. The van der Waals surface area contributed by atoms with Gasteiger partial charge in [-0.15, -0.1) is 0 Å². The number of quaternary nitrogens is 1. The topological polar surface area (TPSA) is 61.4 Å². The third kappa shape index (κ3) is 11.6. The number of carboxylic acid groups (broad SMARTS) is 1. The van der Waals surface area contributed by atoms with Crippen LogP contribution < -0.4 is 10.7 Å². The summed E-state index contributed by atoms with van der Waals surface area (Å²) in [5.74, 6) is -0.811. The first-order valence-electron chi connectivity index (χ1n) is 6.48. The number of hydrogen-bond acceptors (Lipinski definition) is 3. The van der Waals surface area contributed by atoms with Crippen LogP contribution in [-0.4, -0.2) is 55.9 Å². The van der Waals surface area contributed by atoms with Crippen LogP contribution >= 0.6 is 0 Å². The molecule has 0 saturated carbocycles. The number of carboxylic acids is 1. The lowest BCUT2D eigenvalue weighted by molar-refractivity contribution is -0.933.